The highest BCUT2D eigenvalue weighted by Gasteiger charge is 2.26. The Morgan fingerprint density at radius 3 is 2.82 bits per heavy atom. The van der Waals surface area contributed by atoms with Crippen molar-refractivity contribution in [3.05, 3.63) is 12.2 Å². The maximum absolute atomic E-state index is 11.9. The molecule has 1 saturated heterocycles. The van der Waals surface area contributed by atoms with Gasteiger partial charge in [0.2, 0.25) is 0 Å². The Morgan fingerprint density at radius 1 is 1.53 bits per heavy atom. The van der Waals surface area contributed by atoms with Crippen LogP contribution >= 0.6 is 0 Å². The SMILES string of the molecule is CC1CCN(S(=O)(=O)NCc2ncn[nH]2)CC1. The summed E-state index contributed by atoms with van der Waals surface area (Å²) in [5.74, 6) is 1.12. The topological polar surface area (TPSA) is 91.0 Å². The molecule has 0 saturated carbocycles. The Kier molecular flexibility index (Phi) is 3.75. The van der Waals surface area contributed by atoms with E-state index in [9.17, 15) is 8.42 Å². The van der Waals surface area contributed by atoms with Crippen molar-refractivity contribution in [2.24, 2.45) is 5.92 Å². The molecule has 1 aromatic heterocycles. The molecular weight excluding hydrogens is 242 g/mol. The van der Waals surface area contributed by atoms with Crippen LogP contribution in [0.5, 0.6) is 0 Å². The zero-order valence-corrected chi connectivity index (χ0v) is 10.6. The molecule has 2 N–H and O–H groups in total. The molecule has 0 amide bonds. The molecule has 0 spiro atoms. The van der Waals surface area contributed by atoms with Crippen molar-refractivity contribution < 1.29 is 8.42 Å². The molecule has 0 radical (unpaired) electrons. The molecule has 0 aliphatic carbocycles. The van der Waals surface area contributed by atoms with Crippen LogP contribution in [0, 0.1) is 5.92 Å². The molecule has 1 aliphatic heterocycles. The van der Waals surface area contributed by atoms with Gasteiger partial charge in [0.1, 0.15) is 12.2 Å². The maximum Gasteiger partial charge on any atom is 0.279 e. The van der Waals surface area contributed by atoms with Crippen LogP contribution in [0.4, 0.5) is 0 Å². The summed E-state index contributed by atoms with van der Waals surface area (Å²) in [6, 6.07) is 0. The lowest BCUT2D eigenvalue weighted by Gasteiger charge is -2.29. The fraction of sp³-hybridized carbons (Fsp3) is 0.778. The first-order valence-electron chi connectivity index (χ1n) is 5.67. The first-order chi connectivity index (χ1) is 8.08. The fourth-order valence-corrected chi connectivity index (χ4v) is 2.99. The van der Waals surface area contributed by atoms with Gasteiger partial charge in [-0.15, -0.1) is 0 Å². The van der Waals surface area contributed by atoms with Gasteiger partial charge < -0.3 is 0 Å². The highest BCUT2D eigenvalue weighted by Crippen LogP contribution is 2.17. The molecule has 2 rings (SSSR count). The minimum Gasteiger partial charge on any atom is -0.262 e. The molecule has 1 fully saturated rings. The van der Waals surface area contributed by atoms with Crippen molar-refractivity contribution in [2.45, 2.75) is 26.3 Å². The third-order valence-corrected chi connectivity index (χ3v) is 4.52. The van der Waals surface area contributed by atoms with Crippen LogP contribution in [-0.2, 0) is 16.8 Å². The van der Waals surface area contributed by atoms with Gasteiger partial charge in [0.05, 0.1) is 6.54 Å². The molecule has 8 heteroatoms. The van der Waals surface area contributed by atoms with E-state index in [0.29, 0.717) is 24.8 Å². The number of hydrogen-bond donors (Lipinski definition) is 2. The molecule has 17 heavy (non-hydrogen) atoms. The first kappa shape index (κ1) is 12.5. The van der Waals surface area contributed by atoms with Crippen LogP contribution < -0.4 is 4.72 Å². The van der Waals surface area contributed by atoms with Crippen LogP contribution in [0.3, 0.4) is 0 Å². The minimum absolute atomic E-state index is 0.147. The monoisotopic (exact) mass is 259 g/mol. The second-order valence-electron chi connectivity index (χ2n) is 4.34. The van der Waals surface area contributed by atoms with Crippen LogP contribution in [-0.4, -0.2) is 41.0 Å². The number of rotatable bonds is 4. The molecule has 1 aliphatic rings. The van der Waals surface area contributed by atoms with Crippen molar-refractivity contribution >= 4 is 10.2 Å². The number of H-pyrrole nitrogens is 1. The van der Waals surface area contributed by atoms with Gasteiger partial charge in [-0.1, -0.05) is 6.92 Å². The zero-order chi connectivity index (χ0) is 12.3. The molecule has 96 valence electrons. The van der Waals surface area contributed by atoms with E-state index in [1.165, 1.54) is 10.6 Å². The number of piperidine rings is 1. The lowest BCUT2D eigenvalue weighted by atomic mass is 10.0. The Balaban J connectivity index is 1.90. The molecule has 0 bridgehead atoms. The quantitative estimate of drug-likeness (QED) is 0.788. The van der Waals surface area contributed by atoms with Crippen LogP contribution in [0.2, 0.25) is 0 Å². The number of aromatic amines is 1. The second-order valence-corrected chi connectivity index (χ2v) is 6.10. The van der Waals surface area contributed by atoms with Crippen LogP contribution in [0.15, 0.2) is 6.33 Å². The molecular formula is C9H17N5O2S. The van der Waals surface area contributed by atoms with E-state index < -0.39 is 10.2 Å². The largest absolute Gasteiger partial charge is 0.279 e. The van der Waals surface area contributed by atoms with Crippen molar-refractivity contribution in [2.75, 3.05) is 13.1 Å². The lowest BCUT2D eigenvalue weighted by molar-refractivity contribution is 0.285. The Morgan fingerprint density at radius 2 is 2.24 bits per heavy atom. The molecule has 0 unspecified atom stereocenters. The van der Waals surface area contributed by atoms with E-state index in [0.717, 1.165) is 12.8 Å². The summed E-state index contributed by atoms with van der Waals surface area (Å²) in [7, 11) is -3.39. The number of hydrogen-bond acceptors (Lipinski definition) is 4. The minimum atomic E-state index is -3.39. The van der Waals surface area contributed by atoms with E-state index in [1.54, 1.807) is 0 Å². The zero-order valence-electron chi connectivity index (χ0n) is 9.76. The summed E-state index contributed by atoms with van der Waals surface area (Å²) in [5, 5.41) is 6.27. The number of nitrogens with one attached hydrogen (secondary N) is 2. The van der Waals surface area contributed by atoms with E-state index in [4.69, 9.17) is 0 Å². The third kappa shape index (κ3) is 3.24. The van der Waals surface area contributed by atoms with Gasteiger partial charge in [0.25, 0.3) is 10.2 Å². The lowest BCUT2D eigenvalue weighted by Crippen LogP contribution is -2.44. The summed E-state index contributed by atoms with van der Waals surface area (Å²) >= 11 is 0. The highest BCUT2D eigenvalue weighted by atomic mass is 32.2. The first-order valence-corrected chi connectivity index (χ1v) is 7.11. The van der Waals surface area contributed by atoms with E-state index in [2.05, 4.69) is 26.8 Å². The summed E-state index contributed by atoms with van der Waals surface area (Å²) in [6.07, 6.45) is 3.19. The normalized spacial score (nSPS) is 19.6. The average Bonchev–Trinajstić information content (AvgIpc) is 2.80. The molecule has 2 heterocycles. The fourth-order valence-electron chi connectivity index (χ4n) is 1.79. The predicted octanol–water partition coefficient (Wildman–Crippen LogP) is -0.129. The molecule has 0 aromatic carbocycles. The van der Waals surface area contributed by atoms with Crippen molar-refractivity contribution in [1.29, 1.82) is 0 Å². The third-order valence-electron chi connectivity index (χ3n) is 2.97. The number of aromatic nitrogens is 3. The van der Waals surface area contributed by atoms with Gasteiger partial charge in [0, 0.05) is 13.1 Å². The van der Waals surface area contributed by atoms with Gasteiger partial charge in [-0.25, -0.2) is 4.98 Å². The van der Waals surface area contributed by atoms with Crippen molar-refractivity contribution in [3.8, 4) is 0 Å². The van der Waals surface area contributed by atoms with E-state index in [1.807, 2.05) is 0 Å². The van der Waals surface area contributed by atoms with E-state index in [-0.39, 0.29) is 6.54 Å². The Labute approximate surface area is 101 Å². The van der Waals surface area contributed by atoms with Gasteiger partial charge in [-0.2, -0.15) is 22.5 Å². The van der Waals surface area contributed by atoms with Crippen molar-refractivity contribution in [3.63, 3.8) is 0 Å². The van der Waals surface area contributed by atoms with Gasteiger partial charge in [-0.3, -0.25) is 5.10 Å². The summed E-state index contributed by atoms with van der Waals surface area (Å²) < 4.78 is 27.9. The highest BCUT2D eigenvalue weighted by molar-refractivity contribution is 7.87. The van der Waals surface area contributed by atoms with E-state index >= 15 is 0 Å². The van der Waals surface area contributed by atoms with Gasteiger partial charge in [0.15, 0.2) is 0 Å². The average molecular weight is 259 g/mol. The summed E-state index contributed by atoms with van der Waals surface area (Å²) in [5.41, 5.74) is 0. The molecule has 0 atom stereocenters. The van der Waals surface area contributed by atoms with Crippen LogP contribution in [0.1, 0.15) is 25.6 Å². The smallest absolute Gasteiger partial charge is 0.262 e. The van der Waals surface area contributed by atoms with Gasteiger partial charge in [-0.05, 0) is 18.8 Å². The Hall–Kier alpha value is -0.990. The van der Waals surface area contributed by atoms with Gasteiger partial charge >= 0.3 is 0 Å². The second kappa shape index (κ2) is 5.11. The summed E-state index contributed by atoms with van der Waals surface area (Å²) in [4.78, 5) is 3.86. The number of nitrogens with zero attached hydrogens (tertiary/aromatic N) is 3. The molecule has 7 nitrogen and oxygen atoms in total. The van der Waals surface area contributed by atoms with Crippen molar-refractivity contribution in [1.82, 2.24) is 24.2 Å². The molecule has 1 aromatic rings. The summed E-state index contributed by atoms with van der Waals surface area (Å²) in [6.45, 7) is 3.47. The maximum atomic E-state index is 11.9. The standard InChI is InChI=1S/C9H17N5O2S/c1-8-2-4-14(5-3-8)17(15,16)12-6-9-10-7-11-13-9/h7-8,12H,2-6H2,1H3,(H,10,11,13). The Bertz CT molecular complexity index is 436. The predicted molar refractivity (Wildman–Crippen MR) is 62.1 cm³/mol. The van der Waals surface area contributed by atoms with Crippen LogP contribution in [0.25, 0.3) is 0 Å².